The number of amides is 1. The minimum absolute atomic E-state index is 0.104. The number of carbonyl (C=O) groups is 1. The van der Waals surface area contributed by atoms with Crippen LogP contribution in [0, 0.1) is 0 Å². The zero-order chi connectivity index (χ0) is 15.1. The van der Waals surface area contributed by atoms with Gasteiger partial charge in [-0.25, -0.2) is 0 Å². The zero-order valence-electron chi connectivity index (χ0n) is 11.6. The molecule has 21 heavy (non-hydrogen) atoms. The summed E-state index contributed by atoms with van der Waals surface area (Å²) in [6.45, 7) is 1.55. The van der Waals surface area contributed by atoms with E-state index in [1.54, 1.807) is 0 Å². The van der Waals surface area contributed by atoms with Gasteiger partial charge in [0.2, 0.25) is 0 Å². The molecule has 0 spiro atoms. The van der Waals surface area contributed by atoms with Gasteiger partial charge in [0.15, 0.2) is 6.61 Å². The van der Waals surface area contributed by atoms with Gasteiger partial charge in [0, 0.05) is 15.6 Å². The van der Waals surface area contributed by atoms with Crippen LogP contribution >= 0.6 is 15.9 Å². The van der Waals surface area contributed by atoms with E-state index in [1.807, 2.05) is 36.4 Å². The molecule has 0 bridgehead atoms. The summed E-state index contributed by atoms with van der Waals surface area (Å²) in [5.41, 5.74) is 7.42. The molecule has 0 unspecified atom stereocenters. The number of halogens is 1. The third-order valence-electron chi connectivity index (χ3n) is 2.98. The molecule has 0 aliphatic heterocycles. The Hall–Kier alpha value is -1.85. The number of primary amides is 1. The lowest BCUT2D eigenvalue weighted by molar-refractivity contribution is -0.686. The molecule has 2 rings (SSSR count). The molecular formula is C16H18BrN2O2+. The predicted octanol–water partition coefficient (Wildman–Crippen LogP) is 1.58. The highest BCUT2D eigenvalue weighted by molar-refractivity contribution is 9.10. The Morgan fingerprint density at radius 1 is 1.14 bits per heavy atom. The predicted molar refractivity (Wildman–Crippen MR) is 84.6 cm³/mol. The summed E-state index contributed by atoms with van der Waals surface area (Å²) in [6, 6.07) is 16.0. The van der Waals surface area contributed by atoms with E-state index in [1.165, 1.54) is 5.56 Å². The van der Waals surface area contributed by atoms with Crippen molar-refractivity contribution in [1.29, 1.82) is 0 Å². The second kappa shape index (κ2) is 7.81. The maximum Gasteiger partial charge on any atom is 0.255 e. The average molecular weight is 350 g/mol. The van der Waals surface area contributed by atoms with Crippen molar-refractivity contribution in [2.45, 2.75) is 13.1 Å². The van der Waals surface area contributed by atoms with Crippen LogP contribution in [0.15, 0.2) is 53.0 Å². The summed E-state index contributed by atoms with van der Waals surface area (Å²) >= 11 is 3.45. The van der Waals surface area contributed by atoms with Crippen LogP contribution in [0.5, 0.6) is 5.75 Å². The van der Waals surface area contributed by atoms with Gasteiger partial charge in [-0.05, 0) is 18.2 Å². The largest absolute Gasteiger partial charge is 0.483 e. The molecule has 0 saturated carbocycles. The van der Waals surface area contributed by atoms with Crippen LogP contribution in [0.4, 0.5) is 0 Å². The van der Waals surface area contributed by atoms with Crippen molar-refractivity contribution in [3.8, 4) is 5.75 Å². The number of nitrogens with two attached hydrogens (primary N) is 2. The summed E-state index contributed by atoms with van der Waals surface area (Å²) in [5, 5.41) is 2.19. The van der Waals surface area contributed by atoms with E-state index in [2.05, 4.69) is 33.4 Å². The van der Waals surface area contributed by atoms with Gasteiger partial charge in [-0.3, -0.25) is 4.79 Å². The first-order chi connectivity index (χ1) is 10.1. The fourth-order valence-electron chi connectivity index (χ4n) is 2.01. The van der Waals surface area contributed by atoms with Gasteiger partial charge in [-0.15, -0.1) is 0 Å². The number of benzene rings is 2. The second-order valence-electron chi connectivity index (χ2n) is 4.69. The van der Waals surface area contributed by atoms with Gasteiger partial charge in [-0.2, -0.15) is 0 Å². The topological polar surface area (TPSA) is 68.9 Å². The van der Waals surface area contributed by atoms with Crippen LogP contribution in [-0.4, -0.2) is 12.5 Å². The first-order valence-corrected chi connectivity index (χ1v) is 7.49. The Kier molecular flexibility index (Phi) is 5.78. The molecule has 0 heterocycles. The lowest BCUT2D eigenvalue weighted by Crippen LogP contribution is -2.80. The fraction of sp³-hybridized carbons (Fsp3) is 0.188. The normalized spacial score (nSPS) is 10.3. The number of hydrogen-bond donors (Lipinski definition) is 2. The van der Waals surface area contributed by atoms with Gasteiger partial charge in [0.25, 0.3) is 5.91 Å². The molecule has 0 fully saturated rings. The van der Waals surface area contributed by atoms with Crippen LogP contribution < -0.4 is 15.8 Å². The van der Waals surface area contributed by atoms with Crippen molar-refractivity contribution >= 4 is 21.8 Å². The summed E-state index contributed by atoms with van der Waals surface area (Å²) in [6.07, 6.45) is 0. The van der Waals surface area contributed by atoms with E-state index in [9.17, 15) is 4.79 Å². The van der Waals surface area contributed by atoms with E-state index in [4.69, 9.17) is 10.5 Å². The lowest BCUT2D eigenvalue weighted by Gasteiger charge is -2.10. The molecule has 4 N–H and O–H groups in total. The number of ether oxygens (including phenoxy) is 1. The first kappa shape index (κ1) is 15.5. The highest BCUT2D eigenvalue weighted by atomic mass is 79.9. The van der Waals surface area contributed by atoms with Crippen LogP contribution in [0.2, 0.25) is 0 Å². The van der Waals surface area contributed by atoms with Crippen molar-refractivity contribution in [3.63, 3.8) is 0 Å². The van der Waals surface area contributed by atoms with Crippen LogP contribution in [-0.2, 0) is 17.9 Å². The van der Waals surface area contributed by atoms with E-state index in [0.717, 1.165) is 23.1 Å². The Morgan fingerprint density at radius 3 is 2.62 bits per heavy atom. The van der Waals surface area contributed by atoms with Crippen LogP contribution in [0.3, 0.4) is 0 Å². The number of quaternary nitrogens is 1. The molecule has 2 aromatic carbocycles. The van der Waals surface area contributed by atoms with E-state index in [0.29, 0.717) is 5.75 Å². The quantitative estimate of drug-likeness (QED) is 0.796. The third-order valence-corrected chi connectivity index (χ3v) is 3.47. The van der Waals surface area contributed by atoms with Gasteiger partial charge < -0.3 is 15.8 Å². The molecule has 1 amide bonds. The van der Waals surface area contributed by atoms with Crippen molar-refractivity contribution in [2.75, 3.05) is 6.61 Å². The minimum Gasteiger partial charge on any atom is -0.483 e. The van der Waals surface area contributed by atoms with Gasteiger partial charge in [0.1, 0.15) is 18.8 Å². The first-order valence-electron chi connectivity index (χ1n) is 6.70. The Morgan fingerprint density at radius 2 is 1.90 bits per heavy atom. The molecule has 0 aliphatic carbocycles. The summed E-state index contributed by atoms with van der Waals surface area (Å²) in [4.78, 5) is 10.8. The summed E-state index contributed by atoms with van der Waals surface area (Å²) in [7, 11) is 0. The molecule has 5 heteroatoms. The number of hydrogen-bond acceptors (Lipinski definition) is 2. The lowest BCUT2D eigenvalue weighted by atomic mass is 10.2. The van der Waals surface area contributed by atoms with E-state index < -0.39 is 5.91 Å². The highest BCUT2D eigenvalue weighted by Gasteiger charge is 2.08. The fourth-order valence-corrected chi connectivity index (χ4v) is 2.41. The molecule has 110 valence electrons. The molecule has 0 atom stereocenters. The van der Waals surface area contributed by atoms with E-state index >= 15 is 0 Å². The molecular weight excluding hydrogens is 332 g/mol. The zero-order valence-corrected chi connectivity index (χ0v) is 13.2. The SMILES string of the molecule is NC(=O)COc1ccc(Br)cc1C[NH2+]Cc1ccccc1. The van der Waals surface area contributed by atoms with Gasteiger partial charge in [-0.1, -0.05) is 46.3 Å². The Labute approximate surface area is 132 Å². The minimum atomic E-state index is -0.475. The molecule has 2 aromatic rings. The maximum atomic E-state index is 10.8. The second-order valence-corrected chi connectivity index (χ2v) is 5.61. The van der Waals surface area contributed by atoms with Crippen molar-refractivity contribution in [3.05, 3.63) is 64.1 Å². The van der Waals surface area contributed by atoms with Crippen LogP contribution in [0.1, 0.15) is 11.1 Å². The van der Waals surface area contributed by atoms with Crippen molar-refractivity contribution in [1.82, 2.24) is 0 Å². The summed E-state index contributed by atoms with van der Waals surface area (Å²) < 4.78 is 6.42. The number of carbonyl (C=O) groups excluding carboxylic acids is 1. The van der Waals surface area contributed by atoms with Crippen LogP contribution in [0.25, 0.3) is 0 Å². The standard InChI is InChI=1S/C16H17BrN2O2/c17-14-6-7-15(21-11-16(18)20)13(8-14)10-19-9-12-4-2-1-3-5-12/h1-8,19H,9-11H2,(H2,18,20)/p+1. The molecule has 0 aromatic heterocycles. The Bertz CT molecular complexity index is 602. The third kappa shape index (κ3) is 5.21. The maximum absolute atomic E-state index is 10.8. The molecule has 0 radical (unpaired) electrons. The monoisotopic (exact) mass is 349 g/mol. The Balaban J connectivity index is 1.97. The van der Waals surface area contributed by atoms with Crippen molar-refractivity contribution < 1.29 is 14.8 Å². The smallest absolute Gasteiger partial charge is 0.255 e. The average Bonchev–Trinajstić information content (AvgIpc) is 2.47. The number of rotatable bonds is 7. The van der Waals surface area contributed by atoms with Crippen molar-refractivity contribution in [2.24, 2.45) is 5.73 Å². The molecule has 0 saturated heterocycles. The highest BCUT2D eigenvalue weighted by Crippen LogP contribution is 2.22. The van der Waals surface area contributed by atoms with E-state index in [-0.39, 0.29) is 6.61 Å². The van der Waals surface area contributed by atoms with Gasteiger partial charge >= 0.3 is 0 Å². The summed E-state index contributed by atoms with van der Waals surface area (Å²) in [5.74, 6) is 0.221. The molecule has 4 nitrogen and oxygen atoms in total. The van der Waals surface area contributed by atoms with Gasteiger partial charge in [0.05, 0.1) is 0 Å². The molecule has 0 aliphatic rings.